The Kier molecular flexibility index (Phi) is 6.16. The summed E-state index contributed by atoms with van der Waals surface area (Å²) in [6, 6.07) is 7.86. The molecule has 1 aliphatic heterocycles. The molecule has 9 nitrogen and oxygen atoms in total. The van der Waals surface area contributed by atoms with Crippen LogP contribution in [0.25, 0.3) is 0 Å². The van der Waals surface area contributed by atoms with Crippen LogP contribution >= 0.6 is 11.5 Å². The Morgan fingerprint density at radius 1 is 1.12 bits per heavy atom. The van der Waals surface area contributed by atoms with Gasteiger partial charge in [0.05, 0.1) is 0 Å². The van der Waals surface area contributed by atoms with E-state index in [0.717, 1.165) is 37.2 Å². The van der Waals surface area contributed by atoms with Gasteiger partial charge in [-0.3, -0.25) is 19.5 Å². The fraction of sp³-hybridized carbons (Fsp3) is 0.348. The number of ether oxygens (including phenoxy) is 2. The van der Waals surface area contributed by atoms with E-state index in [1.54, 1.807) is 48.1 Å². The van der Waals surface area contributed by atoms with Crippen molar-refractivity contribution in [3.8, 4) is 11.5 Å². The lowest BCUT2D eigenvalue weighted by molar-refractivity contribution is -0.123. The van der Waals surface area contributed by atoms with Gasteiger partial charge in [0.2, 0.25) is 12.7 Å². The summed E-state index contributed by atoms with van der Waals surface area (Å²) in [6.45, 7) is 0.108. The zero-order chi connectivity index (χ0) is 22.6. The van der Waals surface area contributed by atoms with Crippen molar-refractivity contribution in [2.45, 2.75) is 44.2 Å². The van der Waals surface area contributed by atoms with Gasteiger partial charge in [-0.05, 0) is 42.6 Å². The Hall–Kier alpha value is -3.53. The number of carbonyl (C=O) groups is 2. The van der Waals surface area contributed by atoms with Crippen LogP contribution in [0.2, 0.25) is 0 Å². The lowest BCUT2D eigenvalue weighted by Crippen LogP contribution is -2.47. The quantitative estimate of drug-likeness (QED) is 0.594. The summed E-state index contributed by atoms with van der Waals surface area (Å²) in [5, 5.41) is 8.70. The molecule has 2 aliphatic rings. The first kappa shape index (κ1) is 21.3. The topological polar surface area (TPSA) is 107 Å². The Morgan fingerprint density at radius 2 is 1.97 bits per heavy atom. The second-order valence-corrected chi connectivity index (χ2v) is 8.65. The first-order chi connectivity index (χ1) is 16.2. The molecule has 1 atom stereocenters. The molecule has 1 fully saturated rings. The molecule has 1 unspecified atom stereocenters. The molecular weight excluding hydrogens is 442 g/mol. The normalized spacial score (nSPS) is 16.2. The van der Waals surface area contributed by atoms with Crippen molar-refractivity contribution < 1.29 is 19.1 Å². The summed E-state index contributed by atoms with van der Waals surface area (Å²) in [5.74, 6) is 0.407. The van der Waals surface area contributed by atoms with Crippen molar-refractivity contribution in [3.63, 3.8) is 0 Å². The number of fused-ring (bicyclic) bond motifs is 1. The van der Waals surface area contributed by atoms with Crippen LogP contribution in [-0.2, 0) is 4.79 Å². The highest BCUT2D eigenvalue weighted by Crippen LogP contribution is 2.38. The molecule has 0 radical (unpaired) electrons. The van der Waals surface area contributed by atoms with E-state index in [4.69, 9.17) is 9.47 Å². The number of hydrogen-bond acceptors (Lipinski definition) is 8. The van der Waals surface area contributed by atoms with Gasteiger partial charge >= 0.3 is 0 Å². The number of aromatic nitrogens is 3. The fourth-order valence-electron chi connectivity index (χ4n) is 4.28. The Bertz CT molecular complexity index is 1120. The first-order valence-electron chi connectivity index (χ1n) is 10.9. The average molecular weight is 466 g/mol. The molecular formula is C23H23N5O4S. The maximum atomic E-state index is 13.7. The molecule has 2 aromatic heterocycles. The van der Waals surface area contributed by atoms with E-state index in [2.05, 4.69) is 19.9 Å². The molecule has 1 saturated carbocycles. The summed E-state index contributed by atoms with van der Waals surface area (Å²) in [7, 11) is 0. The van der Waals surface area contributed by atoms with Gasteiger partial charge in [0.25, 0.3) is 5.91 Å². The third kappa shape index (κ3) is 4.51. The first-order valence-corrected chi connectivity index (χ1v) is 11.7. The van der Waals surface area contributed by atoms with E-state index < -0.39 is 11.9 Å². The monoisotopic (exact) mass is 465 g/mol. The third-order valence-corrected chi connectivity index (χ3v) is 6.40. The maximum absolute atomic E-state index is 13.7. The van der Waals surface area contributed by atoms with E-state index in [1.807, 2.05) is 0 Å². The van der Waals surface area contributed by atoms with Crippen molar-refractivity contribution in [3.05, 3.63) is 59.4 Å². The van der Waals surface area contributed by atoms with Gasteiger partial charge in [-0.25, -0.2) is 0 Å². The van der Waals surface area contributed by atoms with Gasteiger partial charge in [0, 0.05) is 41.1 Å². The largest absolute Gasteiger partial charge is 0.454 e. The standard InChI is InChI=1S/C23H23N5O4S/c29-22(25-16-6-2-1-3-7-16)21(15-5-4-10-24-12-15)28(23(30)18-13-33-27-26-18)17-8-9-19-20(11-17)32-14-31-19/h4-5,8-13,16,21H,1-3,6-7,14H2,(H,25,29). The number of benzene rings is 1. The molecule has 33 heavy (non-hydrogen) atoms. The molecule has 10 heteroatoms. The van der Waals surface area contributed by atoms with Crippen LogP contribution in [0.5, 0.6) is 11.5 Å². The van der Waals surface area contributed by atoms with E-state index in [0.29, 0.717) is 22.7 Å². The zero-order valence-electron chi connectivity index (χ0n) is 17.8. The molecule has 2 amide bonds. The van der Waals surface area contributed by atoms with Crippen LogP contribution in [0, 0.1) is 0 Å². The molecule has 5 rings (SSSR count). The fourth-order valence-corrected chi connectivity index (χ4v) is 4.71. The van der Waals surface area contributed by atoms with Crippen LogP contribution < -0.4 is 19.7 Å². The van der Waals surface area contributed by atoms with Crippen molar-refractivity contribution >= 4 is 29.0 Å². The van der Waals surface area contributed by atoms with Gasteiger partial charge in [0.15, 0.2) is 17.2 Å². The SMILES string of the molecule is O=C(NC1CCCCC1)C(c1cccnc1)N(C(=O)c1csnn1)c1ccc2c(c1)OCO2. The van der Waals surface area contributed by atoms with Gasteiger partial charge in [-0.2, -0.15) is 0 Å². The highest BCUT2D eigenvalue weighted by molar-refractivity contribution is 7.03. The van der Waals surface area contributed by atoms with Crippen LogP contribution in [0.3, 0.4) is 0 Å². The molecule has 3 heterocycles. The minimum Gasteiger partial charge on any atom is -0.454 e. The van der Waals surface area contributed by atoms with Crippen molar-refractivity contribution in [2.75, 3.05) is 11.7 Å². The van der Waals surface area contributed by atoms with E-state index >= 15 is 0 Å². The molecule has 0 saturated heterocycles. The Morgan fingerprint density at radius 3 is 2.73 bits per heavy atom. The van der Waals surface area contributed by atoms with Crippen molar-refractivity contribution in [1.29, 1.82) is 0 Å². The molecule has 1 aromatic carbocycles. The molecule has 1 N–H and O–H groups in total. The second kappa shape index (κ2) is 9.53. The Labute approximate surface area is 194 Å². The van der Waals surface area contributed by atoms with Crippen LogP contribution in [0.15, 0.2) is 48.1 Å². The molecule has 1 aliphatic carbocycles. The summed E-state index contributed by atoms with van der Waals surface area (Å²) in [5.41, 5.74) is 1.25. The number of nitrogens with zero attached hydrogens (tertiary/aromatic N) is 4. The predicted octanol–water partition coefficient (Wildman–Crippen LogP) is 3.50. The molecule has 0 bridgehead atoms. The summed E-state index contributed by atoms with van der Waals surface area (Å²) >= 11 is 1.08. The van der Waals surface area contributed by atoms with Crippen molar-refractivity contribution in [1.82, 2.24) is 19.9 Å². The van der Waals surface area contributed by atoms with E-state index in [9.17, 15) is 9.59 Å². The minimum atomic E-state index is -0.949. The maximum Gasteiger partial charge on any atom is 0.280 e. The number of pyridine rings is 1. The van der Waals surface area contributed by atoms with Crippen molar-refractivity contribution in [2.24, 2.45) is 0 Å². The minimum absolute atomic E-state index is 0.0834. The number of amides is 2. The lowest BCUT2D eigenvalue weighted by atomic mass is 9.94. The number of anilines is 1. The second-order valence-electron chi connectivity index (χ2n) is 8.04. The summed E-state index contributed by atoms with van der Waals surface area (Å²) < 4.78 is 14.8. The predicted molar refractivity (Wildman–Crippen MR) is 121 cm³/mol. The van der Waals surface area contributed by atoms with E-state index in [1.165, 1.54) is 11.3 Å². The van der Waals surface area contributed by atoms with Gasteiger partial charge in [-0.15, -0.1) is 5.10 Å². The van der Waals surface area contributed by atoms with Gasteiger partial charge in [-0.1, -0.05) is 29.8 Å². The van der Waals surface area contributed by atoms with Crippen LogP contribution in [0.1, 0.15) is 54.2 Å². The Balaban J connectivity index is 1.57. The summed E-state index contributed by atoms with van der Waals surface area (Å²) in [4.78, 5) is 33.0. The highest BCUT2D eigenvalue weighted by atomic mass is 32.1. The lowest BCUT2D eigenvalue weighted by Gasteiger charge is -2.33. The number of hydrogen-bond donors (Lipinski definition) is 1. The molecule has 3 aromatic rings. The summed E-state index contributed by atoms with van der Waals surface area (Å²) in [6.07, 6.45) is 8.44. The number of rotatable bonds is 6. The molecule has 0 spiro atoms. The zero-order valence-corrected chi connectivity index (χ0v) is 18.7. The highest BCUT2D eigenvalue weighted by Gasteiger charge is 2.36. The average Bonchev–Trinajstić information content (AvgIpc) is 3.55. The third-order valence-electron chi connectivity index (χ3n) is 5.89. The number of nitrogens with one attached hydrogen (secondary N) is 1. The number of carbonyl (C=O) groups excluding carboxylic acids is 2. The van der Waals surface area contributed by atoms with E-state index in [-0.39, 0.29) is 24.4 Å². The van der Waals surface area contributed by atoms with Gasteiger partial charge in [0.1, 0.15) is 6.04 Å². The molecule has 170 valence electrons. The van der Waals surface area contributed by atoms with Gasteiger partial charge < -0.3 is 14.8 Å². The van der Waals surface area contributed by atoms with Crippen LogP contribution in [-0.4, -0.2) is 39.2 Å². The van der Waals surface area contributed by atoms with Crippen LogP contribution in [0.4, 0.5) is 5.69 Å². The smallest absolute Gasteiger partial charge is 0.280 e.